The van der Waals surface area contributed by atoms with Crippen LogP contribution >= 0.6 is 11.6 Å². The number of benzene rings is 1. The van der Waals surface area contributed by atoms with E-state index in [0.717, 1.165) is 12.8 Å². The van der Waals surface area contributed by atoms with Crippen LogP contribution in [0, 0.1) is 5.92 Å². The molecule has 0 bridgehead atoms. The van der Waals surface area contributed by atoms with Crippen LogP contribution in [0.5, 0.6) is 0 Å². The van der Waals surface area contributed by atoms with Gasteiger partial charge in [0, 0.05) is 6.42 Å². The molecule has 0 atom stereocenters. The Hall–Kier alpha value is -1.55. The number of ether oxygens (including phenoxy) is 1. The summed E-state index contributed by atoms with van der Waals surface area (Å²) in [6.07, 6.45) is 4.96. The molecule has 1 aliphatic carbocycles. The fraction of sp³-hybridized carbons (Fsp3) is 0.467. The molecule has 1 saturated carbocycles. The Labute approximate surface area is 123 Å². The van der Waals surface area contributed by atoms with E-state index in [-0.39, 0.29) is 18.5 Å². The zero-order chi connectivity index (χ0) is 14.4. The van der Waals surface area contributed by atoms with Gasteiger partial charge < -0.3 is 10.1 Å². The lowest BCUT2D eigenvalue weighted by Gasteiger charge is -2.10. The Morgan fingerprint density at radius 3 is 2.65 bits per heavy atom. The third-order valence-corrected chi connectivity index (χ3v) is 3.77. The molecule has 1 fully saturated rings. The van der Waals surface area contributed by atoms with Crippen LogP contribution in [-0.2, 0) is 14.3 Å². The van der Waals surface area contributed by atoms with Gasteiger partial charge in [-0.1, -0.05) is 36.6 Å². The maximum absolute atomic E-state index is 11.7. The largest absolute Gasteiger partial charge is 0.456 e. The number of esters is 1. The van der Waals surface area contributed by atoms with E-state index in [1.165, 1.54) is 12.8 Å². The number of carbonyl (C=O) groups excluding carboxylic acids is 2. The van der Waals surface area contributed by atoms with Crippen molar-refractivity contribution in [1.82, 2.24) is 0 Å². The van der Waals surface area contributed by atoms with Crippen molar-refractivity contribution in [2.75, 3.05) is 11.9 Å². The predicted molar refractivity (Wildman–Crippen MR) is 77.6 cm³/mol. The summed E-state index contributed by atoms with van der Waals surface area (Å²) in [5.41, 5.74) is 0.519. The highest BCUT2D eigenvalue weighted by Crippen LogP contribution is 2.27. The zero-order valence-electron chi connectivity index (χ0n) is 11.2. The highest BCUT2D eigenvalue weighted by molar-refractivity contribution is 6.33. The molecule has 20 heavy (non-hydrogen) atoms. The Bertz CT molecular complexity index is 484. The first-order chi connectivity index (χ1) is 9.65. The summed E-state index contributed by atoms with van der Waals surface area (Å²) in [5.74, 6) is -0.252. The molecule has 1 aromatic carbocycles. The second-order valence-electron chi connectivity index (χ2n) is 5.04. The normalized spacial score (nSPS) is 15.1. The highest BCUT2D eigenvalue weighted by Gasteiger charge is 2.19. The zero-order valence-corrected chi connectivity index (χ0v) is 12.0. The molecule has 1 aromatic rings. The molecule has 0 heterocycles. The molecule has 1 N–H and O–H groups in total. The van der Waals surface area contributed by atoms with Crippen LogP contribution in [0.2, 0.25) is 5.02 Å². The molecule has 0 aliphatic heterocycles. The van der Waals surface area contributed by atoms with Crippen molar-refractivity contribution in [3.8, 4) is 0 Å². The standard InChI is InChI=1S/C15H18ClNO3/c16-12-7-3-4-8-13(12)17-14(18)10-20-15(19)9-11-5-1-2-6-11/h3-4,7-8,11H,1-2,5-6,9-10H2,(H,17,18). The minimum absolute atomic E-state index is 0.267. The van der Waals surface area contributed by atoms with E-state index in [1.807, 2.05) is 0 Å². The van der Waals surface area contributed by atoms with Gasteiger partial charge in [-0.2, -0.15) is 0 Å². The van der Waals surface area contributed by atoms with Crippen LogP contribution in [0.3, 0.4) is 0 Å². The number of amides is 1. The smallest absolute Gasteiger partial charge is 0.306 e. The molecular weight excluding hydrogens is 278 g/mol. The second kappa shape index (κ2) is 7.29. The lowest BCUT2D eigenvalue weighted by molar-refractivity contribution is -0.148. The monoisotopic (exact) mass is 295 g/mol. The summed E-state index contributed by atoms with van der Waals surface area (Å²) in [6, 6.07) is 6.93. The van der Waals surface area contributed by atoms with Crippen LogP contribution in [-0.4, -0.2) is 18.5 Å². The molecule has 108 valence electrons. The second-order valence-corrected chi connectivity index (χ2v) is 5.45. The van der Waals surface area contributed by atoms with E-state index in [4.69, 9.17) is 16.3 Å². The summed E-state index contributed by atoms with van der Waals surface area (Å²) < 4.78 is 4.98. The summed E-state index contributed by atoms with van der Waals surface area (Å²) in [4.78, 5) is 23.3. The van der Waals surface area contributed by atoms with Gasteiger partial charge in [-0.25, -0.2) is 0 Å². The van der Waals surface area contributed by atoms with E-state index in [2.05, 4.69) is 5.32 Å². The molecule has 0 aromatic heterocycles. The van der Waals surface area contributed by atoms with Crippen LogP contribution in [0.25, 0.3) is 0 Å². The van der Waals surface area contributed by atoms with Crippen LogP contribution in [0.4, 0.5) is 5.69 Å². The molecule has 0 unspecified atom stereocenters. The number of halogens is 1. The molecule has 0 radical (unpaired) electrons. The van der Waals surface area contributed by atoms with Crippen molar-refractivity contribution in [1.29, 1.82) is 0 Å². The van der Waals surface area contributed by atoms with Crippen LogP contribution < -0.4 is 5.32 Å². The number of hydrogen-bond acceptors (Lipinski definition) is 3. The summed E-state index contributed by atoms with van der Waals surface area (Å²) in [7, 11) is 0. The van der Waals surface area contributed by atoms with Gasteiger partial charge in [0.15, 0.2) is 6.61 Å². The van der Waals surface area contributed by atoms with E-state index < -0.39 is 0 Å². The molecule has 0 spiro atoms. The average Bonchev–Trinajstić information content (AvgIpc) is 2.92. The summed E-state index contributed by atoms with van der Waals surface area (Å²) >= 11 is 5.92. The van der Waals surface area contributed by atoms with Gasteiger partial charge >= 0.3 is 5.97 Å². The van der Waals surface area contributed by atoms with E-state index in [0.29, 0.717) is 23.0 Å². The number of anilines is 1. The van der Waals surface area contributed by atoms with Gasteiger partial charge in [0.05, 0.1) is 10.7 Å². The lowest BCUT2D eigenvalue weighted by Crippen LogP contribution is -2.21. The van der Waals surface area contributed by atoms with Crippen LogP contribution in [0.1, 0.15) is 32.1 Å². The highest BCUT2D eigenvalue weighted by atomic mass is 35.5. The predicted octanol–water partition coefficient (Wildman–Crippen LogP) is 3.40. The van der Waals surface area contributed by atoms with Crippen molar-refractivity contribution >= 4 is 29.2 Å². The van der Waals surface area contributed by atoms with Gasteiger partial charge in [-0.05, 0) is 30.9 Å². The quantitative estimate of drug-likeness (QED) is 0.847. The minimum Gasteiger partial charge on any atom is -0.456 e. The van der Waals surface area contributed by atoms with Crippen LogP contribution in [0.15, 0.2) is 24.3 Å². The number of para-hydroxylation sites is 1. The molecule has 2 rings (SSSR count). The van der Waals surface area contributed by atoms with Crippen molar-refractivity contribution in [2.45, 2.75) is 32.1 Å². The first-order valence-corrected chi connectivity index (χ1v) is 7.23. The Morgan fingerprint density at radius 1 is 1.25 bits per heavy atom. The first kappa shape index (κ1) is 14.9. The first-order valence-electron chi connectivity index (χ1n) is 6.85. The molecule has 5 heteroatoms. The van der Waals surface area contributed by atoms with Crippen molar-refractivity contribution in [2.24, 2.45) is 5.92 Å². The number of hydrogen-bond donors (Lipinski definition) is 1. The fourth-order valence-electron chi connectivity index (χ4n) is 2.40. The summed E-state index contributed by atoms with van der Waals surface area (Å²) in [6.45, 7) is -0.267. The van der Waals surface area contributed by atoms with Gasteiger partial charge in [0.25, 0.3) is 5.91 Å². The third-order valence-electron chi connectivity index (χ3n) is 3.44. The average molecular weight is 296 g/mol. The third kappa shape index (κ3) is 4.53. The number of carbonyl (C=O) groups is 2. The molecule has 1 aliphatic rings. The molecule has 4 nitrogen and oxygen atoms in total. The lowest BCUT2D eigenvalue weighted by atomic mass is 10.1. The van der Waals surface area contributed by atoms with Gasteiger partial charge in [0.1, 0.15) is 0 Å². The maximum Gasteiger partial charge on any atom is 0.306 e. The number of rotatable bonds is 5. The van der Waals surface area contributed by atoms with Gasteiger partial charge in [-0.3, -0.25) is 9.59 Å². The minimum atomic E-state index is -0.377. The molecule has 1 amide bonds. The van der Waals surface area contributed by atoms with E-state index >= 15 is 0 Å². The Kier molecular flexibility index (Phi) is 5.41. The Morgan fingerprint density at radius 2 is 1.95 bits per heavy atom. The van der Waals surface area contributed by atoms with Gasteiger partial charge in [-0.15, -0.1) is 0 Å². The molecule has 0 saturated heterocycles. The van der Waals surface area contributed by atoms with E-state index in [9.17, 15) is 9.59 Å². The summed E-state index contributed by atoms with van der Waals surface area (Å²) in [5, 5.41) is 3.07. The van der Waals surface area contributed by atoms with Crippen molar-refractivity contribution in [3.05, 3.63) is 29.3 Å². The fourth-order valence-corrected chi connectivity index (χ4v) is 2.59. The molecular formula is C15H18ClNO3. The topological polar surface area (TPSA) is 55.4 Å². The Balaban J connectivity index is 1.72. The van der Waals surface area contributed by atoms with Crippen molar-refractivity contribution < 1.29 is 14.3 Å². The SMILES string of the molecule is O=C(COC(=O)CC1CCCC1)Nc1ccccc1Cl. The van der Waals surface area contributed by atoms with E-state index in [1.54, 1.807) is 24.3 Å². The maximum atomic E-state index is 11.7. The van der Waals surface area contributed by atoms with Crippen molar-refractivity contribution in [3.63, 3.8) is 0 Å². The van der Waals surface area contributed by atoms with Gasteiger partial charge in [0.2, 0.25) is 0 Å². The number of nitrogens with one attached hydrogen (secondary N) is 1.